The molecule has 1 aromatic heterocycles. The Balaban J connectivity index is 1.80. The topological polar surface area (TPSA) is 55.2 Å². The maximum Gasteiger partial charge on any atom is 0.267 e. The van der Waals surface area contributed by atoms with Gasteiger partial charge in [-0.3, -0.25) is 9.59 Å². The molecule has 1 aliphatic rings. The van der Waals surface area contributed by atoms with Crippen molar-refractivity contribution in [3.63, 3.8) is 0 Å². The van der Waals surface area contributed by atoms with Crippen LogP contribution < -0.4 is 5.56 Å². The first-order valence-electron chi connectivity index (χ1n) is 8.56. The molecule has 0 unspecified atom stereocenters. The number of hydrogen-bond donors (Lipinski definition) is 0. The van der Waals surface area contributed by atoms with Gasteiger partial charge in [0, 0.05) is 24.7 Å². The number of likely N-dealkylation sites (tertiary alicyclic amines) is 1. The van der Waals surface area contributed by atoms with Crippen molar-refractivity contribution in [2.45, 2.75) is 39.2 Å². The lowest BCUT2D eigenvalue weighted by Gasteiger charge is -2.20. The van der Waals surface area contributed by atoms with Crippen molar-refractivity contribution in [3.05, 3.63) is 52.3 Å². The predicted molar refractivity (Wildman–Crippen MR) is 93.7 cm³/mol. The number of nitrogens with zero attached hydrogens (tertiary/aromatic N) is 3. The first-order valence-corrected chi connectivity index (χ1v) is 8.56. The molecule has 1 fully saturated rings. The molecule has 0 spiro atoms. The number of hydrogen-bond acceptors (Lipinski definition) is 3. The summed E-state index contributed by atoms with van der Waals surface area (Å²) in [5, 5.41) is 4.39. The van der Waals surface area contributed by atoms with Crippen LogP contribution in [0.15, 0.2) is 41.2 Å². The van der Waals surface area contributed by atoms with Crippen LogP contribution in [-0.2, 0) is 11.3 Å². The van der Waals surface area contributed by atoms with Crippen LogP contribution >= 0.6 is 0 Å². The Kier molecular flexibility index (Phi) is 5.08. The van der Waals surface area contributed by atoms with Crippen LogP contribution in [0.5, 0.6) is 0 Å². The molecule has 0 aliphatic carbocycles. The van der Waals surface area contributed by atoms with E-state index in [-0.39, 0.29) is 18.0 Å². The van der Waals surface area contributed by atoms with E-state index in [1.54, 1.807) is 6.07 Å². The number of aromatic nitrogens is 2. The van der Waals surface area contributed by atoms with Crippen molar-refractivity contribution >= 4 is 5.91 Å². The quantitative estimate of drug-likeness (QED) is 0.872. The van der Waals surface area contributed by atoms with E-state index in [4.69, 9.17) is 0 Å². The van der Waals surface area contributed by atoms with E-state index in [0.29, 0.717) is 5.69 Å². The minimum absolute atomic E-state index is 0.0124. The van der Waals surface area contributed by atoms with Crippen molar-refractivity contribution in [1.29, 1.82) is 0 Å². The molecule has 126 valence electrons. The highest BCUT2D eigenvalue weighted by atomic mass is 16.2. The summed E-state index contributed by atoms with van der Waals surface area (Å²) in [7, 11) is 0. The SMILES string of the molecule is Cc1ccc(-c2ccc(=O)n(CC(=O)N3CCCCCC3)n2)cc1. The summed E-state index contributed by atoms with van der Waals surface area (Å²) < 4.78 is 1.28. The van der Waals surface area contributed by atoms with E-state index in [1.165, 1.54) is 29.2 Å². The highest BCUT2D eigenvalue weighted by Crippen LogP contribution is 2.16. The molecule has 1 aliphatic heterocycles. The fourth-order valence-corrected chi connectivity index (χ4v) is 2.99. The molecule has 5 heteroatoms. The fourth-order valence-electron chi connectivity index (χ4n) is 2.99. The van der Waals surface area contributed by atoms with Gasteiger partial charge in [0.25, 0.3) is 5.56 Å². The Morgan fingerprint density at radius 2 is 1.67 bits per heavy atom. The summed E-state index contributed by atoms with van der Waals surface area (Å²) in [5.74, 6) is -0.0208. The summed E-state index contributed by atoms with van der Waals surface area (Å²) in [6.45, 7) is 3.60. The van der Waals surface area contributed by atoms with Gasteiger partial charge in [0.05, 0.1) is 5.69 Å². The van der Waals surface area contributed by atoms with E-state index >= 15 is 0 Å². The number of carbonyl (C=O) groups excluding carboxylic acids is 1. The Bertz CT molecular complexity index is 757. The largest absolute Gasteiger partial charge is 0.341 e. The lowest BCUT2D eigenvalue weighted by Crippen LogP contribution is -2.37. The van der Waals surface area contributed by atoms with Crippen LogP contribution in [0, 0.1) is 6.92 Å². The first kappa shape index (κ1) is 16.4. The highest BCUT2D eigenvalue weighted by molar-refractivity contribution is 5.76. The van der Waals surface area contributed by atoms with Crippen LogP contribution in [0.4, 0.5) is 0 Å². The van der Waals surface area contributed by atoms with Crippen molar-refractivity contribution < 1.29 is 4.79 Å². The molecule has 24 heavy (non-hydrogen) atoms. The number of carbonyl (C=O) groups is 1. The number of amides is 1. The monoisotopic (exact) mass is 325 g/mol. The Morgan fingerprint density at radius 1 is 1.00 bits per heavy atom. The van der Waals surface area contributed by atoms with Crippen LogP contribution in [0.1, 0.15) is 31.2 Å². The van der Waals surface area contributed by atoms with Gasteiger partial charge >= 0.3 is 0 Å². The smallest absolute Gasteiger partial charge is 0.267 e. The standard InChI is InChI=1S/C19H23N3O2/c1-15-6-8-16(9-7-15)17-10-11-18(23)22(20-17)14-19(24)21-12-4-2-3-5-13-21/h6-11H,2-5,12-14H2,1H3. The third-order valence-electron chi connectivity index (χ3n) is 4.46. The van der Waals surface area contributed by atoms with Gasteiger partial charge in [0.15, 0.2) is 0 Å². The number of benzene rings is 1. The normalized spacial score (nSPS) is 15.1. The van der Waals surface area contributed by atoms with Gasteiger partial charge in [-0.25, -0.2) is 4.68 Å². The van der Waals surface area contributed by atoms with Gasteiger partial charge in [0.1, 0.15) is 6.54 Å². The molecule has 0 saturated carbocycles. The molecule has 3 rings (SSSR count). The van der Waals surface area contributed by atoms with Crippen molar-refractivity contribution in [3.8, 4) is 11.3 Å². The minimum atomic E-state index is -0.242. The molecule has 1 aromatic carbocycles. The lowest BCUT2D eigenvalue weighted by atomic mass is 10.1. The zero-order chi connectivity index (χ0) is 16.9. The van der Waals surface area contributed by atoms with Gasteiger partial charge in [-0.1, -0.05) is 42.7 Å². The summed E-state index contributed by atoms with van der Waals surface area (Å²) in [4.78, 5) is 26.4. The van der Waals surface area contributed by atoms with Crippen LogP contribution in [0.25, 0.3) is 11.3 Å². The molecule has 5 nitrogen and oxygen atoms in total. The molecular formula is C19H23N3O2. The number of rotatable bonds is 3. The summed E-state index contributed by atoms with van der Waals surface area (Å²) in [6.07, 6.45) is 4.42. The maximum absolute atomic E-state index is 12.5. The van der Waals surface area contributed by atoms with Crippen LogP contribution in [0.3, 0.4) is 0 Å². The van der Waals surface area contributed by atoms with Crippen molar-refractivity contribution in [2.24, 2.45) is 0 Å². The molecule has 2 aromatic rings. The lowest BCUT2D eigenvalue weighted by molar-refractivity contribution is -0.132. The van der Waals surface area contributed by atoms with Crippen LogP contribution in [0.2, 0.25) is 0 Å². The van der Waals surface area contributed by atoms with Gasteiger partial charge in [-0.05, 0) is 25.8 Å². The van der Waals surface area contributed by atoms with Gasteiger partial charge < -0.3 is 4.90 Å². The molecule has 0 radical (unpaired) electrons. The summed E-state index contributed by atoms with van der Waals surface area (Å²) >= 11 is 0. The molecule has 0 N–H and O–H groups in total. The van der Waals surface area contributed by atoms with E-state index < -0.39 is 0 Å². The molecular weight excluding hydrogens is 302 g/mol. The third-order valence-corrected chi connectivity index (χ3v) is 4.46. The molecule has 1 saturated heterocycles. The highest BCUT2D eigenvalue weighted by Gasteiger charge is 2.17. The van der Waals surface area contributed by atoms with Crippen LogP contribution in [-0.4, -0.2) is 33.7 Å². The van der Waals surface area contributed by atoms with Crippen molar-refractivity contribution in [1.82, 2.24) is 14.7 Å². The Morgan fingerprint density at radius 3 is 2.33 bits per heavy atom. The van der Waals surface area contributed by atoms with E-state index in [9.17, 15) is 9.59 Å². The number of aryl methyl sites for hydroxylation is 1. The Hall–Kier alpha value is -2.43. The van der Waals surface area contributed by atoms with E-state index in [0.717, 1.165) is 31.5 Å². The van der Waals surface area contributed by atoms with E-state index in [1.807, 2.05) is 36.1 Å². The zero-order valence-corrected chi connectivity index (χ0v) is 14.1. The molecule has 0 bridgehead atoms. The van der Waals surface area contributed by atoms with Gasteiger partial charge in [-0.15, -0.1) is 0 Å². The minimum Gasteiger partial charge on any atom is -0.341 e. The summed E-state index contributed by atoms with van der Waals surface area (Å²) in [5.41, 5.74) is 2.58. The second-order valence-corrected chi connectivity index (χ2v) is 6.38. The Labute approximate surface area is 141 Å². The molecule has 0 atom stereocenters. The fraction of sp³-hybridized carbons (Fsp3) is 0.421. The second kappa shape index (κ2) is 7.43. The molecule has 2 heterocycles. The van der Waals surface area contributed by atoms with Gasteiger partial charge in [-0.2, -0.15) is 5.10 Å². The third kappa shape index (κ3) is 3.91. The first-order chi connectivity index (χ1) is 11.6. The maximum atomic E-state index is 12.5. The second-order valence-electron chi connectivity index (χ2n) is 6.38. The average Bonchev–Trinajstić information content (AvgIpc) is 2.87. The summed E-state index contributed by atoms with van der Waals surface area (Å²) in [6, 6.07) is 11.2. The predicted octanol–water partition coefficient (Wildman–Crippen LogP) is 2.62. The van der Waals surface area contributed by atoms with Gasteiger partial charge in [0.2, 0.25) is 5.91 Å². The zero-order valence-electron chi connectivity index (χ0n) is 14.1. The molecule has 1 amide bonds. The average molecular weight is 325 g/mol. The van der Waals surface area contributed by atoms with E-state index in [2.05, 4.69) is 5.10 Å². The van der Waals surface area contributed by atoms with Crippen molar-refractivity contribution in [2.75, 3.05) is 13.1 Å².